The molecule has 0 saturated heterocycles. The number of aryl methyl sites for hydroxylation is 2. The van der Waals surface area contributed by atoms with Gasteiger partial charge in [-0.15, -0.1) is 0 Å². The first-order chi connectivity index (χ1) is 14.9. The van der Waals surface area contributed by atoms with Gasteiger partial charge < -0.3 is 14.8 Å². The van der Waals surface area contributed by atoms with E-state index < -0.39 is 33.9 Å². The number of carbonyl (C=O) groups is 3. The Hall–Kier alpha value is -3.40. The van der Waals surface area contributed by atoms with Crippen LogP contribution in [0.1, 0.15) is 38.8 Å². The molecule has 0 bridgehead atoms. The van der Waals surface area contributed by atoms with Gasteiger partial charge in [-0.1, -0.05) is 6.07 Å². The predicted octanol–water partition coefficient (Wildman–Crippen LogP) is 2.67. The molecule has 10 heteroatoms. The highest BCUT2D eigenvalue weighted by atomic mass is 32.2. The lowest BCUT2D eigenvalue weighted by Gasteiger charge is -2.29. The Kier molecular flexibility index (Phi) is 7.63. The van der Waals surface area contributed by atoms with Gasteiger partial charge in [0.1, 0.15) is 6.04 Å². The topological polar surface area (TPSA) is 119 Å². The second-order valence-corrected chi connectivity index (χ2v) is 9.21. The van der Waals surface area contributed by atoms with Crippen molar-refractivity contribution in [3.05, 3.63) is 58.7 Å². The summed E-state index contributed by atoms with van der Waals surface area (Å²) >= 11 is 0. The molecule has 0 aliphatic carbocycles. The Balaban J connectivity index is 2.45. The molecule has 0 aliphatic rings. The summed E-state index contributed by atoms with van der Waals surface area (Å²) in [5.41, 5.74) is 2.19. The molecule has 1 atom stereocenters. The van der Waals surface area contributed by atoms with Gasteiger partial charge in [0, 0.05) is 5.69 Å². The summed E-state index contributed by atoms with van der Waals surface area (Å²) in [5, 5.41) is 2.57. The van der Waals surface area contributed by atoms with Crippen molar-refractivity contribution >= 4 is 39.2 Å². The van der Waals surface area contributed by atoms with Gasteiger partial charge in [-0.2, -0.15) is 0 Å². The van der Waals surface area contributed by atoms with E-state index in [9.17, 15) is 22.8 Å². The molecular weight excluding hydrogens is 436 g/mol. The van der Waals surface area contributed by atoms with Crippen LogP contribution < -0.4 is 9.62 Å². The molecule has 0 heterocycles. The number of benzene rings is 2. The van der Waals surface area contributed by atoms with E-state index in [0.29, 0.717) is 5.69 Å². The molecule has 1 amide bonds. The monoisotopic (exact) mass is 462 g/mol. The number of esters is 2. The van der Waals surface area contributed by atoms with Gasteiger partial charge in [-0.3, -0.25) is 9.10 Å². The van der Waals surface area contributed by atoms with Crippen molar-refractivity contribution in [3.8, 4) is 0 Å². The van der Waals surface area contributed by atoms with Crippen molar-refractivity contribution in [2.45, 2.75) is 26.8 Å². The molecule has 1 N–H and O–H groups in total. The Labute approximate surface area is 187 Å². The van der Waals surface area contributed by atoms with Gasteiger partial charge in [0.25, 0.3) is 0 Å². The average Bonchev–Trinajstić information content (AvgIpc) is 2.70. The maximum absolute atomic E-state index is 13.0. The third-order valence-electron chi connectivity index (χ3n) is 4.59. The predicted molar refractivity (Wildman–Crippen MR) is 120 cm³/mol. The zero-order valence-electron chi connectivity index (χ0n) is 18.8. The third-order valence-corrected chi connectivity index (χ3v) is 5.83. The van der Waals surface area contributed by atoms with E-state index in [1.807, 2.05) is 19.9 Å². The SMILES string of the molecule is COC(=O)c1cc(NC(=O)[C@H](C)N(c2cc(C)cc(C)c2)S(C)(=O)=O)cc(C(=O)OC)c1. The van der Waals surface area contributed by atoms with Crippen molar-refractivity contribution in [2.24, 2.45) is 0 Å². The van der Waals surface area contributed by atoms with Crippen LogP contribution in [0.4, 0.5) is 11.4 Å². The van der Waals surface area contributed by atoms with Crippen molar-refractivity contribution < 1.29 is 32.3 Å². The molecule has 32 heavy (non-hydrogen) atoms. The normalized spacial score (nSPS) is 11.9. The van der Waals surface area contributed by atoms with Crippen LogP contribution in [0, 0.1) is 13.8 Å². The van der Waals surface area contributed by atoms with Crippen molar-refractivity contribution in [1.82, 2.24) is 0 Å². The van der Waals surface area contributed by atoms with Gasteiger partial charge in [0.2, 0.25) is 15.9 Å². The standard InChI is InChI=1S/C22H26N2O7S/c1-13-7-14(2)9-19(8-13)24(32(6,28)29)15(3)20(25)23-18-11-16(21(26)30-4)10-17(12-18)22(27)31-5/h7-12,15H,1-6H3,(H,23,25)/t15-/m0/s1. The van der Waals surface area contributed by atoms with Gasteiger partial charge in [-0.25, -0.2) is 18.0 Å². The quantitative estimate of drug-likeness (QED) is 0.628. The van der Waals surface area contributed by atoms with Crippen LogP contribution in [-0.2, 0) is 24.3 Å². The molecule has 0 unspecified atom stereocenters. The fraction of sp³-hybridized carbons (Fsp3) is 0.318. The number of anilines is 2. The van der Waals surface area contributed by atoms with Crippen LogP contribution in [0.3, 0.4) is 0 Å². The van der Waals surface area contributed by atoms with E-state index >= 15 is 0 Å². The lowest BCUT2D eigenvalue weighted by atomic mass is 10.1. The summed E-state index contributed by atoms with van der Waals surface area (Å²) in [6.45, 7) is 5.10. The highest BCUT2D eigenvalue weighted by Gasteiger charge is 2.30. The summed E-state index contributed by atoms with van der Waals surface area (Å²) in [6.07, 6.45) is 1.02. The van der Waals surface area contributed by atoms with Crippen LogP contribution in [0.25, 0.3) is 0 Å². The molecule has 9 nitrogen and oxygen atoms in total. The molecule has 2 aromatic carbocycles. The van der Waals surface area contributed by atoms with E-state index in [-0.39, 0.29) is 16.8 Å². The van der Waals surface area contributed by atoms with E-state index in [1.54, 1.807) is 12.1 Å². The minimum absolute atomic E-state index is 0.0210. The van der Waals surface area contributed by atoms with Crippen molar-refractivity contribution in [3.63, 3.8) is 0 Å². The third kappa shape index (κ3) is 5.85. The van der Waals surface area contributed by atoms with E-state index in [1.165, 1.54) is 39.3 Å². The number of amides is 1. The van der Waals surface area contributed by atoms with Crippen molar-refractivity contribution in [1.29, 1.82) is 0 Å². The fourth-order valence-corrected chi connectivity index (χ4v) is 4.46. The summed E-state index contributed by atoms with van der Waals surface area (Å²) in [5.74, 6) is -2.09. The zero-order chi connectivity index (χ0) is 24.2. The molecule has 0 aliphatic heterocycles. The van der Waals surface area contributed by atoms with Crippen LogP contribution in [0.2, 0.25) is 0 Å². The summed E-state index contributed by atoms with van der Waals surface area (Å²) in [4.78, 5) is 36.9. The molecule has 0 saturated carbocycles. The number of rotatable bonds is 7. The van der Waals surface area contributed by atoms with Gasteiger partial charge in [0.05, 0.1) is 37.3 Å². The van der Waals surface area contributed by atoms with E-state index in [0.717, 1.165) is 21.7 Å². The van der Waals surface area contributed by atoms with Crippen LogP contribution in [0.15, 0.2) is 36.4 Å². The Bertz CT molecular complexity index is 1100. The number of ether oxygens (including phenoxy) is 2. The van der Waals surface area contributed by atoms with Crippen LogP contribution >= 0.6 is 0 Å². The number of nitrogens with zero attached hydrogens (tertiary/aromatic N) is 1. The first-order valence-corrected chi connectivity index (χ1v) is 11.4. The zero-order valence-corrected chi connectivity index (χ0v) is 19.6. The molecule has 0 radical (unpaired) electrons. The number of methoxy groups -OCH3 is 2. The second-order valence-electron chi connectivity index (χ2n) is 7.35. The summed E-state index contributed by atoms with van der Waals surface area (Å²) < 4.78 is 35.5. The fourth-order valence-electron chi connectivity index (χ4n) is 3.30. The molecule has 2 aromatic rings. The Morgan fingerprint density at radius 2 is 1.34 bits per heavy atom. The highest BCUT2D eigenvalue weighted by molar-refractivity contribution is 7.92. The molecule has 0 fully saturated rings. The maximum Gasteiger partial charge on any atom is 0.337 e. The van der Waals surface area contributed by atoms with Crippen molar-refractivity contribution in [2.75, 3.05) is 30.1 Å². The van der Waals surface area contributed by atoms with Gasteiger partial charge >= 0.3 is 11.9 Å². The lowest BCUT2D eigenvalue weighted by Crippen LogP contribution is -2.45. The average molecular weight is 463 g/mol. The molecule has 0 aromatic heterocycles. The number of sulfonamides is 1. The van der Waals surface area contributed by atoms with E-state index in [4.69, 9.17) is 0 Å². The first kappa shape index (κ1) is 24.9. The Morgan fingerprint density at radius 1 is 0.875 bits per heavy atom. The lowest BCUT2D eigenvalue weighted by molar-refractivity contribution is -0.116. The summed E-state index contributed by atoms with van der Waals surface area (Å²) in [7, 11) is -1.45. The highest BCUT2D eigenvalue weighted by Crippen LogP contribution is 2.25. The molecule has 172 valence electrons. The molecule has 0 spiro atoms. The molecular formula is C22H26N2O7S. The van der Waals surface area contributed by atoms with Crippen LogP contribution in [-0.4, -0.2) is 52.8 Å². The number of hydrogen-bond acceptors (Lipinski definition) is 7. The van der Waals surface area contributed by atoms with Gasteiger partial charge in [-0.05, 0) is 62.2 Å². The summed E-state index contributed by atoms with van der Waals surface area (Å²) in [6, 6.07) is 8.02. The number of nitrogens with one attached hydrogen (secondary N) is 1. The van der Waals surface area contributed by atoms with Gasteiger partial charge in [0.15, 0.2) is 0 Å². The Morgan fingerprint density at radius 3 is 1.75 bits per heavy atom. The first-order valence-electron chi connectivity index (χ1n) is 9.57. The van der Waals surface area contributed by atoms with Crippen LogP contribution in [0.5, 0.6) is 0 Å². The largest absolute Gasteiger partial charge is 0.465 e. The minimum Gasteiger partial charge on any atom is -0.465 e. The minimum atomic E-state index is -3.81. The number of carbonyl (C=O) groups excluding carboxylic acids is 3. The number of hydrogen-bond donors (Lipinski definition) is 1. The maximum atomic E-state index is 13.0. The van der Waals surface area contributed by atoms with E-state index in [2.05, 4.69) is 14.8 Å². The second kappa shape index (κ2) is 9.82. The smallest absolute Gasteiger partial charge is 0.337 e. The molecule has 2 rings (SSSR count).